The van der Waals surface area contributed by atoms with E-state index in [1.807, 2.05) is 6.07 Å². The summed E-state index contributed by atoms with van der Waals surface area (Å²) in [6.45, 7) is 1.49. The summed E-state index contributed by atoms with van der Waals surface area (Å²) in [6.07, 6.45) is 4.81. The predicted molar refractivity (Wildman–Crippen MR) is 118 cm³/mol. The van der Waals surface area contributed by atoms with Crippen LogP contribution in [0.2, 0.25) is 0 Å². The molecule has 0 saturated carbocycles. The number of aromatic amines is 1. The highest BCUT2D eigenvalue weighted by Crippen LogP contribution is 3.02. The van der Waals surface area contributed by atoms with Gasteiger partial charge in [-0.05, 0) is 67.5 Å². The number of H-pyrrole nitrogens is 1. The van der Waals surface area contributed by atoms with Gasteiger partial charge >= 0.3 is 10.2 Å². The Kier molecular flexibility index (Phi) is 5.00. The summed E-state index contributed by atoms with van der Waals surface area (Å²) >= 11 is 0. The minimum absolute atomic E-state index is 0.0508. The van der Waals surface area contributed by atoms with E-state index in [1.54, 1.807) is 6.20 Å². The number of fused-ring (bicyclic) bond motifs is 1. The van der Waals surface area contributed by atoms with Gasteiger partial charge in [0.1, 0.15) is 16.8 Å². The molecule has 6 nitrogen and oxygen atoms in total. The number of imidazole rings is 1. The second kappa shape index (κ2) is 7.38. The number of carbonyl (C=O) groups is 1. The molecule has 0 unspecified atom stereocenters. The van der Waals surface area contributed by atoms with Gasteiger partial charge in [0.2, 0.25) is 0 Å². The van der Waals surface area contributed by atoms with Gasteiger partial charge in [-0.1, -0.05) is 19.4 Å². The number of hydrogen-bond donors (Lipinski definition) is 1. The Balaban J connectivity index is 1.29. The van der Waals surface area contributed by atoms with E-state index >= 15 is 0 Å². The fraction of sp³-hybridized carbons (Fsp3) is 0.409. The first-order valence-electron chi connectivity index (χ1n) is 11.0. The minimum Gasteiger partial charge on any atom is -0.370 e. The molecule has 1 N–H and O–H groups in total. The van der Waals surface area contributed by atoms with Crippen molar-refractivity contribution in [2.45, 2.75) is 42.6 Å². The van der Waals surface area contributed by atoms with Crippen molar-refractivity contribution in [3.63, 3.8) is 0 Å². The fourth-order valence-electron chi connectivity index (χ4n) is 4.66. The molecule has 3 aromatic rings. The number of hydrogen-bond acceptors (Lipinski definition) is 4. The molecule has 184 valence electrons. The van der Waals surface area contributed by atoms with Gasteiger partial charge in [0.15, 0.2) is 5.65 Å². The summed E-state index contributed by atoms with van der Waals surface area (Å²) in [4.78, 5) is 24.6. The van der Waals surface area contributed by atoms with Crippen molar-refractivity contribution in [2.75, 3.05) is 19.7 Å². The van der Waals surface area contributed by atoms with Crippen LogP contribution in [0, 0.1) is 0 Å². The van der Waals surface area contributed by atoms with Crippen molar-refractivity contribution in [1.82, 2.24) is 19.9 Å². The van der Waals surface area contributed by atoms with Crippen LogP contribution < -0.4 is 0 Å². The second-order valence-corrected chi connectivity index (χ2v) is 11.2. The Morgan fingerprint density at radius 2 is 1.74 bits per heavy atom. The molecule has 0 aliphatic carbocycles. The smallest absolute Gasteiger partial charge is 0.310 e. The van der Waals surface area contributed by atoms with E-state index in [-0.39, 0.29) is 29.7 Å². The standard InChI is InChI=1S/C22H23F5N4O2S/c23-34(24,25,26,27)16-5-3-15(4-6-16)22(32)31-11-8-14(9-12-31)17-7-10-28-21-19(17)29-20(30-21)18-2-1-13-33-18/h3-7,10,14,18H,1-2,8-9,11-13H2,(H,28,29,30)/t18-/m0/s1. The first kappa shape index (κ1) is 23.0. The quantitative estimate of drug-likeness (QED) is 0.414. The van der Waals surface area contributed by atoms with Gasteiger partial charge in [-0.25, -0.2) is 9.97 Å². The number of benzene rings is 1. The normalized spacial score (nSPS) is 22.0. The van der Waals surface area contributed by atoms with E-state index in [0.717, 1.165) is 41.9 Å². The molecule has 5 rings (SSSR count). The summed E-state index contributed by atoms with van der Waals surface area (Å²) in [5.74, 6) is 0.423. The number of rotatable bonds is 4. The average molecular weight is 503 g/mol. The first-order valence-corrected chi connectivity index (χ1v) is 12.9. The highest BCUT2D eigenvalue weighted by molar-refractivity contribution is 8.45. The Morgan fingerprint density at radius 1 is 1.03 bits per heavy atom. The van der Waals surface area contributed by atoms with E-state index in [2.05, 4.69) is 15.0 Å². The van der Waals surface area contributed by atoms with Gasteiger partial charge < -0.3 is 14.6 Å². The van der Waals surface area contributed by atoms with Crippen molar-refractivity contribution in [2.24, 2.45) is 0 Å². The molecule has 2 saturated heterocycles. The van der Waals surface area contributed by atoms with Gasteiger partial charge in [0.25, 0.3) is 5.91 Å². The highest BCUT2D eigenvalue weighted by Gasteiger charge is 2.65. The highest BCUT2D eigenvalue weighted by atomic mass is 32.5. The third kappa shape index (κ3) is 4.48. The van der Waals surface area contributed by atoms with Gasteiger partial charge in [-0.2, -0.15) is 0 Å². The molecule has 0 radical (unpaired) electrons. The van der Waals surface area contributed by atoms with Crippen LogP contribution in [0.25, 0.3) is 11.2 Å². The van der Waals surface area contributed by atoms with Gasteiger partial charge in [0.05, 0.1) is 5.52 Å². The van der Waals surface area contributed by atoms with Crippen LogP contribution in [0.15, 0.2) is 41.4 Å². The zero-order valence-electron chi connectivity index (χ0n) is 18.0. The van der Waals surface area contributed by atoms with E-state index < -0.39 is 21.0 Å². The zero-order chi connectivity index (χ0) is 24.2. The van der Waals surface area contributed by atoms with Crippen LogP contribution in [-0.4, -0.2) is 45.5 Å². The maximum absolute atomic E-state index is 12.9. The number of carbonyl (C=O) groups excluding carboxylic acids is 1. The SMILES string of the molecule is O=C(c1ccc(S(F)(F)(F)(F)F)cc1)N1CCC(c2ccnc3nc([C@@H]4CCCO4)[nH]c23)CC1. The molecule has 2 aliphatic heterocycles. The fourth-order valence-corrected chi connectivity index (χ4v) is 5.32. The van der Waals surface area contributed by atoms with E-state index in [4.69, 9.17) is 4.74 Å². The number of amides is 1. The Hall–Kier alpha value is -2.73. The van der Waals surface area contributed by atoms with Gasteiger partial charge in [-0.15, -0.1) is 0 Å². The van der Waals surface area contributed by atoms with Crippen molar-refractivity contribution in [3.05, 3.63) is 53.5 Å². The van der Waals surface area contributed by atoms with Gasteiger partial charge in [0, 0.05) is 31.5 Å². The monoisotopic (exact) mass is 502 g/mol. The van der Waals surface area contributed by atoms with Crippen LogP contribution in [-0.2, 0) is 4.74 Å². The van der Waals surface area contributed by atoms with Crippen molar-refractivity contribution >= 4 is 27.3 Å². The number of piperidine rings is 1. The molecule has 1 amide bonds. The van der Waals surface area contributed by atoms with Crippen LogP contribution in [0.1, 0.15) is 59.5 Å². The topological polar surface area (TPSA) is 71.1 Å². The number of ether oxygens (including phenoxy) is 1. The molecule has 2 aliphatic rings. The zero-order valence-corrected chi connectivity index (χ0v) is 18.8. The van der Waals surface area contributed by atoms with Crippen LogP contribution in [0.4, 0.5) is 19.4 Å². The molecule has 34 heavy (non-hydrogen) atoms. The summed E-state index contributed by atoms with van der Waals surface area (Å²) in [5, 5.41) is 0. The summed E-state index contributed by atoms with van der Waals surface area (Å²) in [7, 11) is -9.76. The first-order chi connectivity index (χ1) is 15.9. The molecule has 0 spiro atoms. The third-order valence-electron chi connectivity index (χ3n) is 6.45. The molecule has 12 heteroatoms. The largest absolute Gasteiger partial charge is 0.370 e. The average Bonchev–Trinajstić information content (AvgIpc) is 3.47. The van der Waals surface area contributed by atoms with Crippen molar-refractivity contribution in [1.29, 1.82) is 0 Å². The van der Waals surface area contributed by atoms with Crippen molar-refractivity contribution in [3.8, 4) is 0 Å². The van der Waals surface area contributed by atoms with Crippen LogP contribution >= 0.6 is 10.2 Å². The maximum Gasteiger partial charge on any atom is 0.310 e. The molecule has 1 atom stereocenters. The van der Waals surface area contributed by atoms with Gasteiger partial charge in [-0.3, -0.25) is 4.79 Å². The van der Waals surface area contributed by atoms with E-state index in [0.29, 0.717) is 38.2 Å². The van der Waals surface area contributed by atoms with E-state index in [1.165, 1.54) is 4.90 Å². The summed E-state index contributed by atoms with van der Waals surface area (Å²) in [5.41, 5.74) is 2.47. The molecular formula is C22H23F5N4O2S. The lowest BCUT2D eigenvalue weighted by Crippen LogP contribution is -2.38. The third-order valence-corrected chi connectivity index (χ3v) is 7.61. The second-order valence-electron chi connectivity index (χ2n) is 8.78. The lowest BCUT2D eigenvalue weighted by molar-refractivity contribution is 0.0713. The van der Waals surface area contributed by atoms with Crippen molar-refractivity contribution < 1.29 is 29.0 Å². The number of nitrogens with zero attached hydrogens (tertiary/aromatic N) is 3. The Bertz CT molecular complexity index is 1230. The summed E-state index contributed by atoms with van der Waals surface area (Å²) < 4.78 is 70.3. The number of likely N-dealkylation sites (tertiary alicyclic amines) is 1. The Morgan fingerprint density at radius 3 is 2.35 bits per heavy atom. The van der Waals surface area contributed by atoms with Crippen LogP contribution in [0.5, 0.6) is 0 Å². The van der Waals surface area contributed by atoms with E-state index in [9.17, 15) is 24.2 Å². The number of halogens is 5. The minimum atomic E-state index is -9.76. The number of nitrogens with one attached hydrogen (secondary N) is 1. The van der Waals surface area contributed by atoms with Crippen LogP contribution in [0.3, 0.4) is 0 Å². The molecule has 2 fully saturated rings. The lowest BCUT2D eigenvalue weighted by atomic mass is 9.89. The lowest BCUT2D eigenvalue weighted by Gasteiger charge is -2.40. The molecule has 0 bridgehead atoms. The number of aromatic nitrogens is 3. The predicted octanol–water partition coefficient (Wildman–Crippen LogP) is 6.49. The Labute approximate surface area is 192 Å². The molecule has 4 heterocycles. The molecule has 2 aromatic heterocycles. The number of pyridine rings is 1. The summed E-state index contributed by atoms with van der Waals surface area (Å²) in [6, 6.07) is 4.11. The maximum atomic E-state index is 12.9. The molecule has 1 aromatic carbocycles. The molecular weight excluding hydrogens is 479 g/mol.